The van der Waals surface area contributed by atoms with Crippen molar-refractivity contribution in [3.8, 4) is 5.75 Å². The van der Waals surface area contributed by atoms with Gasteiger partial charge in [0.25, 0.3) is 5.91 Å². The van der Waals surface area contributed by atoms with E-state index in [1.54, 1.807) is 41.6 Å². The lowest BCUT2D eigenvalue weighted by molar-refractivity contribution is -0.137. The molecule has 0 saturated heterocycles. The van der Waals surface area contributed by atoms with E-state index in [-0.39, 0.29) is 36.7 Å². The van der Waals surface area contributed by atoms with E-state index < -0.39 is 34.5 Å². The zero-order chi connectivity index (χ0) is 29.9. The second kappa shape index (κ2) is 12.3. The maximum absolute atomic E-state index is 12.7. The summed E-state index contributed by atoms with van der Waals surface area (Å²) >= 11 is 0. The lowest BCUT2D eigenvalue weighted by Gasteiger charge is -2.42. The molecule has 0 aliphatic carbocycles. The Morgan fingerprint density at radius 2 is 1.71 bits per heavy atom. The summed E-state index contributed by atoms with van der Waals surface area (Å²) in [6.07, 6.45) is -0.630. The summed E-state index contributed by atoms with van der Waals surface area (Å²) in [5, 5.41) is 22.0. The first kappa shape index (κ1) is 30.1. The quantitative estimate of drug-likeness (QED) is 0.224. The van der Waals surface area contributed by atoms with Gasteiger partial charge >= 0.3 is 11.9 Å². The molecule has 41 heavy (non-hydrogen) atoms. The number of carbonyl (C=O) groups excluding carboxylic acids is 1. The fourth-order valence-corrected chi connectivity index (χ4v) is 6.65. The van der Waals surface area contributed by atoms with Gasteiger partial charge in [-0.25, -0.2) is 4.79 Å². The number of benzene rings is 3. The Bertz CT molecular complexity index is 1470. The third-order valence-electron chi connectivity index (χ3n) is 7.05. The number of nitrogens with one attached hydrogen (secondary N) is 1. The number of aryl methyl sites for hydroxylation is 1. The molecule has 0 saturated carbocycles. The molecule has 1 aliphatic heterocycles. The lowest BCUT2D eigenvalue weighted by Crippen LogP contribution is -2.33. The number of aromatic carboxylic acids is 1. The molecule has 1 heterocycles. The summed E-state index contributed by atoms with van der Waals surface area (Å²) in [5.74, 6) is -3.17. The van der Waals surface area contributed by atoms with Gasteiger partial charge in [0.15, 0.2) is 0 Å². The molecule has 0 aromatic heterocycles. The van der Waals surface area contributed by atoms with Crippen molar-refractivity contribution in [3.63, 3.8) is 0 Å². The monoisotopic (exact) mass is 582 g/mol. The van der Waals surface area contributed by atoms with Crippen LogP contribution in [-0.2, 0) is 11.3 Å². The molecule has 0 radical (unpaired) electrons. The maximum atomic E-state index is 12.7. The van der Waals surface area contributed by atoms with Crippen LogP contribution in [0.2, 0.25) is 0 Å². The Kier molecular flexibility index (Phi) is 9.03. The number of rotatable bonds is 9. The Morgan fingerprint density at radius 3 is 2.39 bits per heavy atom. The summed E-state index contributed by atoms with van der Waals surface area (Å²) in [6.45, 7) is 6.15. The van der Waals surface area contributed by atoms with Gasteiger partial charge in [-0.2, -0.15) is 4.31 Å². The first-order valence-electron chi connectivity index (χ1n) is 13.2. The number of hydrogen-bond donors (Lipinski definition) is 5. The van der Waals surface area contributed by atoms with Crippen molar-refractivity contribution in [1.82, 2.24) is 9.62 Å². The van der Waals surface area contributed by atoms with Crippen molar-refractivity contribution in [2.45, 2.75) is 50.7 Å². The maximum Gasteiger partial charge on any atom is 0.336 e. The topological polar surface area (TPSA) is 157 Å². The molecule has 3 aromatic rings. The van der Waals surface area contributed by atoms with Crippen molar-refractivity contribution in [2.75, 3.05) is 13.1 Å². The fourth-order valence-electron chi connectivity index (χ4n) is 4.99. The SMILES string of the molecule is CCNC(=O)c1cc(C(CC(=O)O)c2ccc(C)c(CN3CC(C)Oc4ccccc4S3(O)O)c2)ccc1C(=O)O. The van der Waals surface area contributed by atoms with Crippen LogP contribution in [0.4, 0.5) is 0 Å². The van der Waals surface area contributed by atoms with Crippen molar-refractivity contribution >= 4 is 28.6 Å². The van der Waals surface area contributed by atoms with Gasteiger partial charge in [-0.15, -0.1) is 10.8 Å². The zero-order valence-electron chi connectivity index (χ0n) is 23.0. The minimum absolute atomic E-state index is 0.0502. The van der Waals surface area contributed by atoms with Crippen LogP contribution in [0.3, 0.4) is 0 Å². The third-order valence-corrected chi connectivity index (χ3v) is 8.98. The van der Waals surface area contributed by atoms with Gasteiger partial charge in [-0.3, -0.25) is 18.7 Å². The second-order valence-electron chi connectivity index (χ2n) is 10.0. The van der Waals surface area contributed by atoms with Crippen LogP contribution < -0.4 is 10.1 Å². The van der Waals surface area contributed by atoms with E-state index in [0.717, 1.165) is 11.1 Å². The van der Waals surface area contributed by atoms with Crippen LogP contribution in [-0.4, -0.2) is 60.7 Å². The molecule has 1 aliphatic rings. The van der Waals surface area contributed by atoms with Gasteiger partial charge in [-0.1, -0.05) is 36.4 Å². The number of carboxylic acids is 2. The number of carbonyl (C=O) groups is 3. The molecule has 218 valence electrons. The Balaban J connectivity index is 1.75. The minimum Gasteiger partial charge on any atom is -0.487 e. The molecule has 3 aromatic carbocycles. The third kappa shape index (κ3) is 6.54. The zero-order valence-corrected chi connectivity index (χ0v) is 23.9. The standard InChI is InChI=1S/C30H34N2O8S/c1-4-31-29(35)25-14-21(11-12-23(25)30(36)37)24(15-28(33)34)20-10-9-18(2)22(13-20)17-32-16-19(3)40-26-7-5-6-8-27(26)41(32,38)39/h5-14,19,24,38-39H,4,15-17H2,1-3H3,(H,31,35)(H,33,34)(H,36,37). The smallest absolute Gasteiger partial charge is 0.336 e. The molecule has 0 fully saturated rings. The van der Waals surface area contributed by atoms with Crippen LogP contribution in [0.15, 0.2) is 65.6 Å². The van der Waals surface area contributed by atoms with Gasteiger partial charge in [0.1, 0.15) is 16.7 Å². The number of ether oxygens (including phenoxy) is 1. The van der Waals surface area contributed by atoms with Crippen LogP contribution in [0.25, 0.3) is 0 Å². The lowest BCUT2D eigenvalue weighted by atomic mass is 9.85. The van der Waals surface area contributed by atoms with E-state index in [2.05, 4.69) is 5.32 Å². The minimum atomic E-state index is -3.39. The predicted octanol–water partition coefficient (Wildman–Crippen LogP) is 5.36. The number of hydrogen-bond acceptors (Lipinski definition) is 7. The molecular weight excluding hydrogens is 548 g/mol. The largest absolute Gasteiger partial charge is 0.487 e. The average molecular weight is 583 g/mol. The van der Waals surface area contributed by atoms with Crippen molar-refractivity contribution in [1.29, 1.82) is 0 Å². The molecule has 4 rings (SSSR count). The Morgan fingerprint density at radius 1 is 1.02 bits per heavy atom. The fraction of sp³-hybridized carbons (Fsp3) is 0.300. The van der Waals surface area contributed by atoms with Crippen LogP contribution in [0.1, 0.15) is 69.2 Å². The molecule has 5 N–H and O–H groups in total. The molecule has 0 spiro atoms. The first-order valence-corrected chi connectivity index (χ1v) is 14.7. The van der Waals surface area contributed by atoms with Crippen LogP contribution >= 0.6 is 10.8 Å². The number of carboxylic acid groups (broad SMARTS) is 2. The Hall–Kier alpha value is -3.90. The van der Waals surface area contributed by atoms with Gasteiger partial charge in [-0.05, 0) is 67.3 Å². The molecule has 2 atom stereocenters. The van der Waals surface area contributed by atoms with Crippen LogP contribution in [0, 0.1) is 6.92 Å². The van der Waals surface area contributed by atoms with Crippen molar-refractivity contribution < 1.29 is 38.4 Å². The summed E-state index contributed by atoms with van der Waals surface area (Å²) in [6, 6.07) is 16.6. The molecule has 11 heteroatoms. The van der Waals surface area contributed by atoms with E-state index in [1.807, 2.05) is 26.0 Å². The number of amides is 1. The van der Waals surface area contributed by atoms with Crippen molar-refractivity contribution in [2.24, 2.45) is 0 Å². The Labute approximate surface area is 240 Å². The van der Waals surface area contributed by atoms with E-state index in [0.29, 0.717) is 28.3 Å². The molecule has 0 bridgehead atoms. The summed E-state index contributed by atoms with van der Waals surface area (Å²) in [7, 11) is -3.39. The summed E-state index contributed by atoms with van der Waals surface area (Å²) in [5.41, 5.74) is 2.51. The van der Waals surface area contributed by atoms with E-state index in [4.69, 9.17) is 4.74 Å². The van der Waals surface area contributed by atoms with Gasteiger partial charge in [0, 0.05) is 19.0 Å². The highest BCUT2D eigenvalue weighted by atomic mass is 32.3. The van der Waals surface area contributed by atoms with Crippen LogP contribution in [0.5, 0.6) is 5.75 Å². The normalized spacial score (nSPS) is 17.8. The first-order chi connectivity index (χ1) is 19.4. The molecular formula is C30H34N2O8S. The average Bonchev–Trinajstić information content (AvgIpc) is 3.01. The number of para-hydroxylation sites is 1. The molecule has 2 unspecified atom stereocenters. The predicted molar refractivity (Wildman–Crippen MR) is 155 cm³/mol. The highest BCUT2D eigenvalue weighted by molar-refractivity contribution is 8.22. The van der Waals surface area contributed by atoms with Gasteiger partial charge in [0.2, 0.25) is 0 Å². The van der Waals surface area contributed by atoms with E-state index in [1.165, 1.54) is 18.2 Å². The summed E-state index contributed by atoms with van der Waals surface area (Å²) in [4.78, 5) is 36.7. The van der Waals surface area contributed by atoms with E-state index in [9.17, 15) is 33.7 Å². The number of nitrogens with zero attached hydrogens (tertiary/aromatic N) is 1. The molecule has 10 nitrogen and oxygen atoms in total. The highest BCUT2D eigenvalue weighted by Gasteiger charge is 2.34. The number of fused-ring (bicyclic) bond motifs is 1. The van der Waals surface area contributed by atoms with Crippen molar-refractivity contribution in [3.05, 3.63) is 94.0 Å². The van der Waals surface area contributed by atoms with Gasteiger partial charge in [0.05, 0.1) is 24.1 Å². The van der Waals surface area contributed by atoms with E-state index >= 15 is 0 Å². The number of aliphatic carboxylic acids is 1. The van der Waals surface area contributed by atoms with Gasteiger partial charge < -0.3 is 20.3 Å². The highest BCUT2D eigenvalue weighted by Crippen LogP contribution is 2.57. The molecule has 1 amide bonds. The summed E-state index contributed by atoms with van der Waals surface area (Å²) < 4.78 is 30.2. The second-order valence-corrected chi connectivity index (χ2v) is 12.0.